The number of likely N-dealkylation sites (N-methyl/N-ethyl adjacent to an activating group) is 1. The zero-order valence-corrected chi connectivity index (χ0v) is 15.1. The maximum absolute atomic E-state index is 8.64. The minimum atomic E-state index is 0.594. The molecule has 4 rings (SSSR count). The summed E-state index contributed by atoms with van der Waals surface area (Å²) in [5.41, 5.74) is 3.16. The number of hydrogen-bond donors (Lipinski definition) is 1. The van der Waals surface area contributed by atoms with Gasteiger partial charge in [-0.2, -0.15) is 0 Å². The summed E-state index contributed by atoms with van der Waals surface area (Å²) in [6.07, 6.45) is 3.70. The topological polar surface area (TPSA) is 44.9 Å². The van der Waals surface area contributed by atoms with E-state index in [1.807, 2.05) is 35.2 Å². The summed E-state index contributed by atoms with van der Waals surface area (Å²) < 4.78 is 1.96. The molecule has 0 bridgehead atoms. The van der Waals surface area contributed by atoms with Crippen LogP contribution in [0.4, 0.5) is 0 Å². The van der Waals surface area contributed by atoms with Crippen LogP contribution in [0.25, 0.3) is 10.2 Å². The van der Waals surface area contributed by atoms with Crippen molar-refractivity contribution in [3.63, 3.8) is 0 Å². The smallest absolute Gasteiger partial charge is 0.136 e. The molecule has 0 saturated carbocycles. The van der Waals surface area contributed by atoms with Crippen LogP contribution in [0, 0.1) is 5.41 Å². The zero-order chi connectivity index (χ0) is 16.7. The monoisotopic (exact) mass is 358 g/mol. The molecule has 0 spiro atoms. The lowest BCUT2D eigenvalue weighted by Gasteiger charge is -2.22. The Kier molecular flexibility index (Phi) is 4.16. The summed E-state index contributed by atoms with van der Waals surface area (Å²) in [7, 11) is 2.15. The van der Waals surface area contributed by atoms with Crippen molar-refractivity contribution in [2.24, 2.45) is 0 Å². The second-order valence-corrected chi connectivity index (χ2v) is 7.85. The van der Waals surface area contributed by atoms with Gasteiger partial charge in [-0.15, -0.1) is 11.3 Å². The van der Waals surface area contributed by atoms with Gasteiger partial charge in [-0.3, -0.25) is 5.41 Å². The number of halogens is 1. The summed E-state index contributed by atoms with van der Waals surface area (Å²) in [4.78, 5) is 9.32. The van der Waals surface area contributed by atoms with Gasteiger partial charge < -0.3 is 9.47 Å². The number of nitrogens with zero attached hydrogens (tertiary/aromatic N) is 3. The first-order valence-electron chi connectivity index (χ1n) is 8.09. The van der Waals surface area contributed by atoms with E-state index in [2.05, 4.69) is 16.9 Å². The number of benzene rings is 1. The number of thiophene rings is 1. The highest BCUT2D eigenvalue weighted by atomic mass is 35.5. The lowest BCUT2D eigenvalue weighted by atomic mass is 10.1. The molecule has 0 fully saturated rings. The molecule has 1 aromatic carbocycles. The third-order valence-electron chi connectivity index (χ3n) is 4.62. The van der Waals surface area contributed by atoms with Crippen LogP contribution in [0.2, 0.25) is 5.02 Å². The van der Waals surface area contributed by atoms with Gasteiger partial charge in [0, 0.05) is 29.5 Å². The predicted molar refractivity (Wildman–Crippen MR) is 98.7 cm³/mol. The lowest BCUT2D eigenvalue weighted by molar-refractivity contribution is 0.318. The molecule has 3 heterocycles. The van der Waals surface area contributed by atoms with Crippen LogP contribution in [0.1, 0.15) is 16.0 Å². The Balaban J connectivity index is 1.66. The van der Waals surface area contributed by atoms with Crippen LogP contribution in [-0.4, -0.2) is 28.0 Å². The first kappa shape index (κ1) is 15.8. The van der Waals surface area contributed by atoms with E-state index >= 15 is 0 Å². The molecular weight excluding hydrogens is 340 g/mol. The molecule has 1 N–H and O–H groups in total. The molecule has 2 aromatic heterocycles. The van der Waals surface area contributed by atoms with E-state index in [-0.39, 0.29) is 0 Å². The van der Waals surface area contributed by atoms with Crippen molar-refractivity contribution < 1.29 is 0 Å². The highest BCUT2D eigenvalue weighted by Gasteiger charge is 2.21. The highest BCUT2D eigenvalue weighted by molar-refractivity contribution is 7.18. The Morgan fingerprint density at radius 3 is 2.88 bits per heavy atom. The molecule has 0 radical (unpaired) electrons. The molecular formula is C18H19ClN4S. The van der Waals surface area contributed by atoms with Gasteiger partial charge in [0.1, 0.15) is 10.3 Å². The third kappa shape index (κ3) is 2.88. The van der Waals surface area contributed by atoms with E-state index in [0.717, 1.165) is 47.7 Å². The fraction of sp³-hybridized carbons (Fsp3) is 0.333. The Hall–Kier alpha value is -1.69. The number of aryl methyl sites for hydroxylation is 2. The van der Waals surface area contributed by atoms with Gasteiger partial charge in [-0.1, -0.05) is 23.7 Å². The minimum absolute atomic E-state index is 0.594. The maximum Gasteiger partial charge on any atom is 0.136 e. The molecule has 0 amide bonds. The van der Waals surface area contributed by atoms with Gasteiger partial charge in [0.2, 0.25) is 0 Å². The van der Waals surface area contributed by atoms with Crippen molar-refractivity contribution in [3.05, 3.63) is 57.1 Å². The number of hydrogen-bond acceptors (Lipinski definition) is 4. The molecule has 0 aliphatic carbocycles. The molecule has 0 atom stereocenters. The first-order chi connectivity index (χ1) is 11.6. The lowest BCUT2D eigenvalue weighted by Crippen LogP contribution is -2.27. The molecule has 0 unspecified atom stereocenters. The molecule has 124 valence electrons. The van der Waals surface area contributed by atoms with E-state index < -0.39 is 0 Å². The zero-order valence-electron chi connectivity index (χ0n) is 13.6. The van der Waals surface area contributed by atoms with E-state index in [1.54, 1.807) is 11.3 Å². The molecule has 1 aliphatic rings. The van der Waals surface area contributed by atoms with E-state index in [4.69, 9.17) is 17.0 Å². The normalized spacial score (nSPS) is 14.9. The SMILES string of the molecule is CN1CCc2c(sc3ncn(CCc4ccc(Cl)cc4)c(=N)c23)C1. The Morgan fingerprint density at radius 2 is 2.08 bits per heavy atom. The molecule has 0 saturated heterocycles. The second kappa shape index (κ2) is 6.31. The predicted octanol–water partition coefficient (Wildman–Crippen LogP) is 3.46. The van der Waals surface area contributed by atoms with Crippen molar-refractivity contribution in [1.29, 1.82) is 5.41 Å². The van der Waals surface area contributed by atoms with E-state index in [1.165, 1.54) is 16.0 Å². The largest absolute Gasteiger partial charge is 0.317 e. The average Bonchev–Trinajstić information content (AvgIpc) is 2.94. The van der Waals surface area contributed by atoms with Crippen LogP contribution in [0.5, 0.6) is 0 Å². The van der Waals surface area contributed by atoms with Gasteiger partial charge in [0.05, 0.1) is 11.7 Å². The first-order valence-corrected chi connectivity index (χ1v) is 9.28. The quantitative estimate of drug-likeness (QED) is 0.779. The molecule has 4 nitrogen and oxygen atoms in total. The maximum atomic E-state index is 8.64. The van der Waals surface area contributed by atoms with Crippen molar-refractivity contribution >= 4 is 33.2 Å². The van der Waals surface area contributed by atoms with E-state index in [9.17, 15) is 0 Å². The van der Waals surface area contributed by atoms with Crippen molar-refractivity contribution in [2.75, 3.05) is 13.6 Å². The number of nitrogens with one attached hydrogen (secondary N) is 1. The number of fused-ring (bicyclic) bond motifs is 3. The van der Waals surface area contributed by atoms with Crippen LogP contribution in [-0.2, 0) is 25.9 Å². The Morgan fingerprint density at radius 1 is 1.29 bits per heavy atom. The number of aromatic nitrogens is 2. The van der Waals surface area contributed by atoms with Crippen LogP contribution in [0.3, 0.4) is 0 Å². The van der Waals surface area contributed by atoms with Crippen molar-refractivity contribution in [3.8, 4) is 0 Å². The number of rotatable bonds is 3. The fourth-order valence-electron chi connectivity index (χ4n) is 3.25. The highest BCUT2D eigenvalue weighted by Crippen LogP contribution is 2.31. The standard InChI is InChI=1S/C18H19ClN4S/c1-22-8-7-14-15(10-22)24-18-16(14)17(20)23(11-21-18)9-6-12-2-4-13(19)5-3-12/h2-5,11,20H,6-10H2,1H3. The van der Waals surface area contributed by atoms with Gasteiger partial charge in [-0.05, 0) is 43.1 Å². The summed E-state index contributed by atoms with van der Waals surface area (Å²) in [6, 6.07) is 7.91. The van der Waals surface area contributed by atoms with Crippen molar-refractivity contribution in [1.82, 2.24) is 14.5 Å². The molecule has 3 aromatic rings. The van der Waals surface area contributed by atoms with Crippen molar-refractivity contribution in [2.45, 2.75) is 25.9 Å². The van der Waals surface area contributed by atoms with E-state index in [0.29, 0.717) is 5.49 Å². The summed E-state index contributed by atoms with van der Waals surface area (Å²) >= 11 is 7.68. The van der Waals surface area contributed by atoms with Crippen LogP contribution < -0.4 is 5.49 Å². The Labute approximate surface area is 149 Å². The van der Waals surface area contributed by atoms with Gasteiger partial charge >= 0.3 is 0 Å². The summed E-state index contributed by atoms with van der Waals surface area (Å²) in [6.45, 7) is 2.78. The second-order valence-electron chi connectivity index (χ2n) is 6.33. The fourth-order valence-corrected chi connectivity index (χ4v) is 4.64. The van der Waals surface area contributed by atoms with Gasteiger partial charge in [0.25, 0.3) is 0 Å². The summed E-state index contributed by atoms with van der Waals surface area (Å²) in [5, 5.41) is 10.5. The van der Waals surface area contributed by atoms with Crippen LogP contribution in [0.15, 0.2) is 30.6 Å². The third-order valence-corrected chi connectivity index (χ3v) is 6.00. The minimum Gasteiger partial charge on any atom is -0.317 e. The van der Waals surface area contributed by atoms with Gasteiger partial charge in [0.15, 0.2) is 0 Å². The average molecular weight is 359 g/mol. The molecule has 1 aliphatic heterocycles. The Bertz CT molecular complexity index is 942. The van der Waals surface area contributed by atoms with Gasteiger partial charge in [-0.25, -0.2) is 4.98 Å². The van der Waals surface area contributed by atoms with Crippen LogP contribution >= 0.6 is 22.9 Å². The molecule has 6 heteroatoms. The summed E-state index contributed by atoms with van der Waals surface area (Å²) in [5.74, 6) is 0. The molecule has 24 heavy (non-hydrogen) atoms.